The Morgan fingerprint density at radius 2 is 2.00 bits per heavy atom. The van der Waals surface area contributed by atoms with Crippen molar-refractivity contribution in [2.45, 2.75) is 29.8 Å². The molecule has 0 saturated carbocycles. The predicted molar refractivity (Wildman–Crippen MR) is 85.1 cm³/mol. The molecule has 1 aliphatic rings. The topological polar surface area (TPSA) is 80.5 Å². The van der Waals surface area contributed by atoms with Gasteiger partial charge in [-0.1, -0.05) is 0 Å². The molecule has 2 rings (SSSR count). The van der Waals surface area contributed by atoms with Crippen molar-refractivity contribution in [2.75, 3.05) is 23.0 Å². The summed E-state index contributed by atoms with van der Waals surface area (Å²) in [5.74, 6) is 1.61. The largest absolute Gasteiger partial charge is 0.501 e. The third kappa shape index (κ3) is 3.61. The van der Waals surface area contributed by atoms with Gasteiger partial charge in [-0.05, 0) is 31.2 Å². The number of hydrogen-bond donors (Lipinski definition) is 0. The van der Waals surface area contributed by atoms with Gasteiger partial charge in [0.25, 0.3) is 15.5 Å². The molecule has 0 aliphatic carbocycles. The fourth-order valence-corrected chi connectivity index (χ4v) is 4.27. The zero-order valence-electron chi connectivity index (χ0n) is 12.6. The molecule has 11 heteroatoms. The maximum atomic E-state index is 12.7. The van der Waals surface area contributed by atoms with Crippen molar-refractivity contribution in [3.8, 4) is 0 Å². The Bertz CT molecular complexity index is 737. The molecule has 6 nitrogen and oxygen atoms in total. The highest BCUT2D eigenvalue weighted by Crippen LogP contribution is 2.37. The van der Waals surface area contributed by atoms with E-state index >= 15 is 0 Å². The molecule has 0 amide bonds. The van der Waals surface area contributed by atoms with Gasteiger partial charge < -0.3 is 4.90 Å². The van der Waals surface area contributed by atoms with E-state index < -0.39 is 30.9 Å². The third-order valence-corrected chi connectivity index (χ3v) is 6.24. The van der Waals surface area contributed by atoms with Gasteiger partial charge in [-0.25, -0.2) is 8.42 Å². The van der Waals surface area contributed by atoms with Gasteiger partial charge in [0.1, 0.15) is 5.69 Å². The molecule has 24 heavy (non-hydrogen) atoms. The number of alkyl halides is 3. The van der Waals surface area contributed by atoms with Crippen molar-refractivity contribution < 1.29 is 26.5 Å². The van der Waals surface area contributed by atoms with Crippen LogP contribution in [0.5, 0.6) is 0 Å². The molecule has 1 saturated heterocycles. The molecule has 1 aliphatic heterocycles. The molecule has 0 bridgehead atoms. The zero-order valence-corrected chi connectivity index (χ0v) is 14.2. The predicted octanol–water partition coefficient (Wildman–Crippen LogP) is 3.22. The zero-order chi connectivity index (χ0) is 18.1. The number of hydrogen-bond acceptors (Lipinski definition) is 6. The van der Waals surface area contributed by atoms with Gasteiger partial charge in [0.2, 0.25) is 0 Å². The summed E-state index contributed by atoms with van der Waals surface area (Å²) in [6.45, 7) is 2.37. The van der Waals surface area contributed by atoms with Crippen LogP contribution in [0.1, 0.15) is 13.3 Å². The second-order valence-electron chi connectivity index (χ2n) is 5.30. The average Bonchev–Trinajstić information content (AvgIpc) is 2.70. The van der Waals surface area contributed by atoms with Crippen molar-refractivity contribution in [1.82, 2.24) is 0 Å². The number of thioether (sulfide) groups is 1. The number of benzene rings is 1. The summed E-state index contributed by atoms with van der Waals surface area (Å²) in [6.07, 6.45) is 0.768. The first-order valence-electron chi connectivity index (χ1n) is 7.00. The summed E-state index contributed by atoms with van der Waals surface area (Å²) in [6, 6.07) is 2.31. The summed E-state index contributed by atoms with van der Waals surface area (Å²) in [7, 11) is -5.63. The Kier molecular flexibility index (Phi) is 5.33. The van der Waals surface area contributed by atoms with Crippen LogP contribution in [0, 0.1) is 10.1 Å². The number of halogens is 3. The van der Waals surface area contributed by atoms with Gasteiger partial charge >= 0.3 is 5.51 Å². The maximum Gasteiger partial charge on any atom is 0.501 e. The van der Waals surface area contributed by atoms with Crippen LogP contribution < -0.4 is 4.90 Å². The minimum absolute atomic E-state index is 0.0382. The van der Waals surface area contributed by atoms with E-state index in [0.717, 1.165) is 30.1 Å². The Morgan fingerprint density at radius 1 is 1.33 bits per heavy atom. The van der Waals surface area contributed by atoms with Gasteiger partial charge in [-0.15, -0.1) is 0 Å². The van der Waals surface area contributed by atoms with Crippen LogP contribution in [-0.2, 0) is 9.84 Å². The lowest BCUT2D eigenvalue weighted by atomic mass is 10.1. The lowest BCUT2D eigenvalue weighted by molar-refractivity contribution is -0.384. The quantitative estimate of drug-likeness (QED) is 0.588. The van der Waals surface area contributed by atoms with E-state index in [0.29, 0.717) is 12.6 Å². The van der Waals surface area contributed by atoms with Gasteiger partial charge in [-0.2, -0.15) is 24.9 Å². The molecular weight excluding hydrogens is 369 g/mol. The van der Waals surface area contributed by atoms with Crippen LogP contribution in [0.25, 0.3) is 0 Å². The number of sulfone groups is 1. The SMILES string of the molecule is C[C@H]1CCSCCN1c1ccc(S(=O)(=O)C(F)(F)F)cc1[N+](=O)[O-]. The molecule has 1 aromatic rings. The number of rotatable bonds is 3. The minimum atomic E-state index is -5.63. The van der Waals surface area contributed by atoms with Crippen LogP contribution in [-0.4, -0.2) is 42.9 Å². The van der Waals surface area contributed by atoms with Gasteiger partial charge in [-0.3, -0.25) is 10.1 Å². The van der Waals surface area contributed by atoms with Crippen molar-refractivity contribution >= 4 is 33.0 Å². The molecule has 0 unspecified atom stereocenters. The fraction of sp³-hybridized carbons (Fsp3) is 0.538. The van der Waals surface area contributed by atoms with Crippen molar-refractivity contribution in [1.29, 1.82) is 0 Å². The second kappa shape index (κ2) is 6.79. The summed E-state index contributed by atoms with van der Waals surface area (Å²) in [4.78, 5) is 11.0. The monoisotopic (exact) mass is 384 g/mol. The average molecular weight is 384 g/mol. The molecular formula is C13H15F3N2O4S2. The Morgan fingerprint density at radius 3 is 2.58 bits per heavy atom. The van der Waals surface area contributed by atoms with E-state index in [9.17, 15) is 31.7 Å². The van der Waals surface area contributed by atoms with Crippen LogP contribution in [0.2, 0.25) is 0 Å². The number of nitro groups is 1. The van der Waals surface area contributed by atoms with Crippen LogP contribution >= 0.6 is 11.8 Å². The second-order valence-corrected chi connectivity index (χ2v) is 8.47. The molecule has 1 aromatic carbocycles. The van der Waals surface area contributed by atoms with E-state index in [2.05, 4.69) is 0 Å². The van der Waals surface area contributed by atoms with E-state index in [1.807, 2.05) is 6.92 Å². The molecule has 134 valence electrons. The normalized spacial score (nSPS) is 19.8. The molecule has 0 radical (unpaired) electrons. The maximum absolute atomic E-state index is 12.7. The summed E-state index contributed by atoms with van der Waals surface area (Å²) in [5, 5.41) is 11.3. The Balaban J connectivity index is 2.54. The van der Waals surface area contributed by atoms with Gasteiger partial charge in [0, 0.05) is 24.4 Å². The van der Waals surface area contributed by atoms with E-state index in [4.69, 9.17) is 0 Å². The highest BCUT2D eigenvalue weighted by Gasteiger charge is 2.47. The van der Waals surface area contributed by atoms with Crippen LogP contribution in [0.15, 0.2) is 23.1 Å². The van der Waals surface area contributed by atoms with Crippen molar-refractivity contribution in [3.05, 3.63) is 28.3 Å². The first-order valence-corrected chi connectivity index (χ1v) is 9.63. The molecule has 1 fully saturated rings. The van der Waals surface area contributed by atoms with Crippen LogP contribution in [0.3, 0.4) is 0 Å². The van der Waals surface area contributed by atoms with Gasteiger partial charge in [0.05, 0.1) is 9.82 Å². The van der Waals surface area contributed by atoms with Crippen molar-refractivity contribution in [2.24, 2.45) is 0 Å². The standard InChI is InChI=1S/C13H15F3N2O4S2/c1-9-4-6-23-7-5-17(9)11-3-2-10(8-12(11)18(19)20)24(21,22)13(14,15)16/h2-3,8-9H,4-7H2,1H3/t9-/m0/s1. The third-order valence-electron chi connectivity index (χ3n) is 3.76. The lowest BCUT2D eigenvalue weighted by Gasteiger charge is -2.28. The minimum Gasteiger partial charge on any atom is -0.362 e. The molecule has 1 heterocycles. The van der Waals surface area contributed by atoms with Crippen molar-refractivity contribution in [3.63, 3.8) is 0 Å². The number of anilines is 1. The molecule has 0 N–H and O–H groups in total. The van der Waals surface area contributed by atoms with Gasteiger partial charge in [0.15, 0.2) is 0 Å². The smallest absolute Gasteiger partial charge is 0.362 e. The van der Waals surface area contributed by atoms with E-state index in [1.165, 1.54) is 0 Å². The Hall–Kier alpha value is -1.49. The highest BCUT2D eigenvalue weighted by molar-refractivity contribution is 7.99. The Labute approximate surface area is 141 Å². The summed E-state index contributed by atoms with van der Waals surface area (Å²) >= 11 is 1.69. The summed E-state index contributed by atoms with van der Waals surface area (Å²) in [5.41, 5.74) is -6.01. The number of nitrogens with zero attached hydrogens (tertiary/aromatic N) is 2. The molecule has 0 spiro atoms. The first kappa shape index (κ1) is 18.8. The highest BCUT2D eigenvalue weighted by atomic mass is 32.2. The van der Waals surface area contributed by atoms with Crippen LogP contribution in [0.4, 0.5) is 24.5 Å². The first-order chi connectivity index (χ1) is 11.1. The molecule has 1 atom stereocenters. The van der Waals surface area contributed by atoms with E-state index in [1.54, 1.807) is 16.7 Å². The molecule has 0 aromatic heterocycles. The summed E-state index contributed by atoms with van der Waals surface area (Å²) < 4.78 is 60.9. The van der Waals surface area contributed by atoms with E-state index in [-0.39, 0.29) is 11.7 Å². The lowest BCUT2D eigenvalue weighted by Crippen LogP contribution is -2.34. The fourth-order valence-electron chi connectivity index (χ4n) is 2.45. The number of nitro benzene ring substituents is 1.